The molecule has 1 aromatic rings. The highest BCUT2D eigenvalue weighted by atomic mass is 16.5. The highest BCUT2D eigenvalue weighted by Gasteiger charge is 2.48. The van der Waals surface area contributed by atoms with Crippen LogP contribution in [-0.4, -0.2) is 31.7 Å². The lowest BCUT2D eigenvalue weighted by Gasteiger charge is -2.51. The van der Waals surface area contributed by atoms with Gasteiger partial charge in [-0.05, 0) is 31.5 Å². The van der Waals surface area contributed by atoms with Crippen molar-refractivity contribution in [3.05, 3.63) is 23.8 Å². The van der Waals surface area contributed by atoms with Crippen LogP contribution in [-0.2, 0) is 4.74 Å². The van der Waals surface area contributed by atoms with E-state index in [1.165, 1.54) is 0 Å². The molecule has 21 heavy (non-hydrogen) atoms. The second kappa shape index (κ2) is 5.93. The Kier molecular flexibility index (Phi) is 4.42. The summed E-state index contributed by atoms with van der Waals surface area (Å²) < 4.78 is 5.46. The Morgan fingerprint density at radius 2 is 2.19 bits per heavy atom. The third-order valence-corrected chi connectivity index (χ3v) is 4.44. The number of nitrogens with one attached hydrogen (secondary N) is 2. The Morgan fingerprint density at radius 1 is 1.48 bits per heavy atom. The molecule has 0 radical (unpaired) electrons. The molecule has 0 spiro atoms. The fourth-order valence-electron chi connectivity index (χ4n) is 2.80. The first-order chi connectivity index (χ1) is 9.90. The maximum Gasteiger partial charge on any atom is 0.251 e. The highest BCUT2D eigenvalue weighted by molar-refractivity contribution is 5.96. The number of carbonyl (C=O) groups is 1. The third-order valence-electron chi connectivity index (χ3n) is 4.44. The number of hydrogen-bond donors (Lipinski definition) is 3. The maximum absolute atomic E-state index is 11.9. The van der Waals surface area contributed by atoms with E-state index < -0.39 is 0 Å². The Morgan fingerprint density at radius 3 is 2.76 bits per heavy atom. The summed E-state index contributed by atoms with van der Waals surface area (Å²) in [6.45, 7) is 6.85. The summed E-state index contributed by atoms with van der Waals surface area (Å²) in [5.41, 5.74) is 8.15. The summed E-state index contributed by atoms with van der Waals surface area (Å²) in [5.74, 6) is -0.0804. The minimum atomic E-state index is -0.0804. The maximum atomic E-state index is 11.9. The van der Waals surface area contributed by atoms with Gasteiger partial charge in [0.25, 0.3) is 5.91 Å². The van der Waals surface area contributed by atoms with Gasteiger partial charge in [0.15, 0.2) is 0 Å². The van der Waals surface area contributed by atoms with Crippen LogP contribution in [0.3, 0.4) is 0 Å². The summed E-state index contributed by atoms with van der Waals surface area (Å²) in [6, 6.07) is 5.62. The molecule has 0 aromatic heterocycles. The third kappa shape index (κ3) is 2.97. The summed E-state index contributed by atoms with van der Waals surface area (Å²) in [6.07, 6.45) is 1.19. The van der Waals surface area contributed by atoms with Gasteiger partial charge in [-0.1, -0.05) is 13.8 Å². The van der Waals surface area contributed by atoms with Gasteiger partial charge in [-0.3, -0.25) is 4.79 Å². The molecular formula is C16H25N3O2. The molecule has 1 aliphatic rings. The lowest BCUT2D eigenvalue weighted by atomic mass is 9.64. The van der Waals surface area contributed by atoms with E-state index in [1.807, 2.05) is 13.0 Å². The second-order valence-corrected chi connectivity index (χ2v) is 6.14. The summed E-state index contributed by atoms with van der Waals surface area (Å²) in [5, 5.41) is 6.25. The summed E-state index contributed by atoms with van der Waals surface area (Å²) >= 11 is 0. The number of methoxy groups -OCH3 is 1. The molecule has 1 aliphatic carbocycles. The molecular weight excluding hydrogens is 266 g/mol. The minimum Gasteiger partial charge on any atom is -0.397 e. The Balaban J connectivity index is 2.14. The van der Waals surface area contributed by atoms with Crippen molar-refractivity contribution >= 4 is 17.3 Å². The zero-order valence-electron chi connectivity index (χ0n) is 13.2. The predicted octanol–water partition coefficient (Wildman–Crippen LogP) is 2.24. The molecule has 1 aromatic carbocycles. The van der Waals surface area contributed by atoms with Gasteiger partial charge in [-0.15, -0.1) is 0 Å². The normalized spacial score (nSPS) is 23.2. The van der Waals surface area contributed by atoms with Gasteiger partial charge in [0, 0.05) is 30.7 Å². The lowest BCUT2D eigenvalue weighted by Crippen LogP contribution is -2.57. The number of amides is 1. The zero-order chi connectivity index (χ0) is 15.6. The Bertz CT molecular complexity index is 528. The van der Waals surface area contributed by atoms with Gasteiger partial charge in [0.1, 0.15) is 0 Å². The molecule has 2 atom stereocenters. The molecule has 0 heterocycles. The van der Waals surface area contributed by atoms with Crippen LogP contribution in [0.5, 0.6) is 0 Å². The van der Waals surface area contributed by atoms with Gasteiger partial charge in [0.2, 0.25) is 0 Å². The quantitative estimate of drug-likeness (QED) is 0.727. The fourth-order valence-corrected chi connectivity index (χ4v) is 2.80. The number of carbonyl (C=O) groups excluding carboxylic acids is 1. The van der Waals surface area contributed by atoms with E-state index in [0.29, 0.717) is 17.8 Å². The van der Waals surface area contributed by atoms with E-state index in [4.69, 9.17) is 10.5 Å². The van der Waals surface area contributed by atoms with Crippen molar-refractivity contribution in [3.63, 3.8) is 0 Å². The number of nitrogens with two attached hydrogens (primary N) is 1. The zero-order valence-corrected chi connectivity index (χ0v) is 13.2. The van der Waals surface area contributed by atoms with Crippen LogP contribution in [0.2, 0.25) is 0 Å². The molecule has 2 unspecified atom stereocenters. The number of benzene rings is 1. The fraction of sp³-hybridized carbons (Fsp3) is 0.562. The van der Waals surface area contributed by atoms with Crippen molar-refractivity contribution in [1.82, 2.24) is 5.32 Å². The molecule has 4 N–H and O–H groups in total. The van der Waals surface area contributed by atoms with Crippen molar-refractivity contribution < 1.29 is 9.53 Å². The van der Waals surface area contributed by atoms with E-state index in [1.54, 1.807) is 19.2 Å². The van der Waals surface area contributed by atoms with Gasteiger partial charge >= 0.3 is 0 Å². The van der Waals surface area contributed by atoms with Crippen molar-refractivity contribution in [2.45, 2.75) is 39.3 Å². The Labute approximate surface area is 126 Å². The summed E-state index contributed by atoms with van der Waals surface area (Å²) in [7, 11) is 1.74. The first-order valence-corrected chi connectivity index (χ1v) is 7.37. The summed E-state index contributed by atoms with van der Waals surface area (Å²) in [4.78, 5) is 11.9. The van der Waals surface area contributed by atoms with E-state index in [-0.39, 0.29) is 23.5 Å². The van der Waals surface area contributed by atoms with Crippen LogP contribution in [0.25, 0.3) is 0 Å². The second-order valence-electron chi connectivity index (χ2n) is 6.14. The molecule has 0 saturated heterocycles. The number of ether oxygens (including phenoxy) is 1. The SMILES string of the molecule is CCNC(=O)c1ccc(N)c(NC2CC(OC)C2(C)C)c1. The largest absolute Gasteiger partial charge is 0.397 e. The van der Waals surface area contributed by atoms with E-state index >= 15 is 0 Å². The van der Waals surface area contributed by atoms with Crippen LogP contribution in [0.15, 0.2) is 18.2 Å². The molecule has 1 fully saturated rings. The predicted molar refractivity (Wildman–Crippen MR) is 85.5 cm³/mol. The van der Waals surface area contributed by atoms with Crippen LogP contribution < -0.4 is 16.4 Å². The molecule has 0 aliphatic heterocycles. The average molecular weight is 291 g/mol. The van der Waals surface area contributed by atoms with Crippen molar-refractivity contribution in [2.24, 2.45) is 5.41 Å². The molecule has 0 bridgehead atoms. The smallest absolute Gasteiger partial charge is 0.251 e. The molecule has 116 valence electrons. The Hall–Kier alpha value is -1.75. The van der Waals surface area contributed by atoms with Gasteiger partial charge in [-0.2, -0.15) is 0 Å². The molecule has 5 nitrogen and oxygen atoms in total. The highest BCUT2D eigenvalue weighted by Crippen LogP contribution is 2.44. The van der Waals surface area contributed by atoms with Crippen LogP contribution in [0, 0.1) is 5.41 Å². The standard InChI is InChI=1S/C16H25N3O2/c1-5-18-15(20)10-6-7-11(17)12(8-10)19-13-9-14(21-4)16(13,2)3/h6-8,13-14,19H,5,9,17H2,1-4H3,(H,18,20). The van der Waals surface area contributed by atoms with Crippen molar-refractivity contribution in [1.29, 1.82) is 0 Å². The van der Waals surface area contributed by atoms with E-state index in [2.05, 4.69) is 24.5 Å². The number of rotatable bonds is 5. The van der Waals surface area contributed by atoms with Crippen molar-refractivity contribution in [2.75, 3.05) is 24.7 Å². The van der Waals surface area contributed by atoms with Crippen LogP contribution in [0.1, 0.15) is 37.6 Å². The first-order valence-electron chi connectivity index (χ1n) is 7.37. The topological polar surface area (TPSA) is 76.4 Å². The molecule has 5 heteroatoms. The van der Waals surface area contributed by atoms with Crippen LogP contribution in [0.4, 0.5) is 11.4 Å². The minimum absolute atomic E-state index is 0.0445. The number of nitrogen functional groups attached to an aromatic ring is 1. The first kappa shape index (κ1) is 15.6. The van der Waals surface area contributed by atoms with E-state index in [9.17, 15) is 4.79 Å². The molecule has 2 rings (SSSR count). The van der Waals surface area contributed by atoms with Gasteiger partial charge < -0.3 is 21.1 Å². The number of anilines is 2. The van der Waals surface area contributed by atoms with Gasteiger partial charge in [0.05, 0.1) is 17.5 Å². The molecule has 1 amide bonds. The molecule has 1 saturated carbocycles. The van der Waals surface area contributed by atoms with Crippen LogP contribution >= 0.6 is 0 Å². The average Bonchev–Trinajstić information content (AvgIpc) is 2.44. The van der Waals surface area contributed by atoms with E-state index in [0.717, 1.165) is 12.1 Å². The monoisotopic (exact) mass is 291 g/mol. The number of hydrogen-bond acceptors (Lipinski definition) is 4. The van der Waals surface area contributed by atoms with Gasteiger partial charge in [-0.25, -0.2) is 0 Å². The lowest BCUT2D eigenvalue weighted by molar-refractivity contribution is -0.0794. The van der Waals surface area contributed by atoms with Crippen molar-refractivity contribution in [3.8, 4) is 0 Å².